The Kier molecular flexibility index (Phi) is 6.40. The van der Waals surface area contributed by atoms with E-state index in [-0.39, 0.29) is 30.8 Å². The molecule has 2 heterocycles. The summed E-state index contributed by atoms with van der Waals surface area (Å²) >= 11 is 0. The molecule has 7 nitrogen and oxygen atoms in total. The van der Waals surface area contributed by atoms with Crippen LogP contribution in [0.4, 0.5) is 0 Å². The molecule has 0 aromatic carbocycles. The lowest BCUT2D eigenvalue weighted by molar-refractivity contribution is -0.162. The number of likely N-dealkylation sites (N-methyl/N-ethyl adjacent to an activating group) is 1. The third-order valence-corrected chi connectivity index (χ3v) is 3.83. The van der Waals surface area contributed by atoms with Crippen LogP contribution in [0.25, 0.3) is 0 Å². The fourth-order valence-electron chi connectivity index (χ4n) is 2.84. The predicted molar refractivity (Wildman–Crippen MR) is 88.4 cm³/mol. The van der Waals surface area contributed by atoms with Crippen molar-refractivity contribution in [2.45, 2.75) is 38.7 Å². The molecule has 1 aliphatic heterocycles. The number of amides is 1. The molecule has 1 aromatic heterocycles. The fraction of sp³-hybridized carbons (Fsp3) is 0.706. The van der Waals surface area contributed by atoms with Crippen molar-refractivity contribution in [2.75, 3.05) is 40.4 Å². The van der Waals surface area contributed by atoms with E-state index in [0.29, 0.717) is 25.5 Å². The van der Waals surface area contributed by atoms with Crippen LogP contribution in [-0.2, 0) is 27.4 Å². The van der Waals surface area contributed by atoms with Crippen LogP contribution >= 0.6 is 0 Å². The van der Waals surface area contributed by atoms with Crippen LogP contribution in [0.5, 0.6) is 0 Å². The molecular formula is C17H28N2O5. The molecule has 2 rings (SSSR count). The minimum Gasteiger partial charge on any atom is -0.462 e. The van der Waals surface area contributed by atoms with E-state index in [0.717, 1.165) is 12.3 Å². The van der Waals surface area contributed by atoms with Crippen molar-refractivity contribution in [1.29, 1.82) is 0 Å². The summed E-state index contributed by atoms with van der Waals surface area (Å²) in [6.07, 6.45) is -0.101. The molecule has 136 valence electrons. The molecule has 0 unspecified atom stereocenters. The molecule has 1 N–H and O–H groups in total. The molecule has 0 radical (unpaired) electrons. The van der Waals surface area contributed by atoms with E-state index in [9.17, 15) is 4.79 Å². The summed E-state index contributed by atoms with van der Waals surface area (Å²) in [6, 6.07) is 3.67. The van der Waals surface area contributed by atoms with Gasteiger partial charge in [0.15, 0.2) is 0 Å². The predicted octanol–water partition coefficient (Wildman–Crippen LogP) is 0.856. The van der Waals surface area contributed by atoms with Crippen molar-refractivity contribution in [2.24, 2.45) is 0 Å². The molecule has 1 saturated heterocycles. The average Bonchev–Trinajstić information content (AvgIpc) is 2.93. The zero-order valence-corrected chi connectivity index (χ0v) is 14.9. The van der Waals surface area contributed by atoms with E-state index in [1.54, 1.807) is 20.2 Å². The second-order valence-corrected chi connectivity index (χ2v) is 7.00. The monoisotopic (exact) mass is 340 g/mol. The highest BCUT2D eigenvalue weighted by molar-refractivity contribution is 5.76. The molecular weight excluding hydrogens is 312 g/mol. The van der Waals surface area contributed by atoms with Crippen molar-refractivity contribution in [3.05, 3.63) is 23.7 Å². The number of carbonyl (C=O) groups excluding carboxylic acids is 1. The first kappa shape index (κ1) is 18.9. The molecule has 0 saturated carbocycles. The van der Waals surface area contributed by atoms with Gasteiger partial charge in [-0.1, -0.05) is 0 Å². The van der Waals surface area contributed by atoms with Gasteiger partial charge in [0, 0.05) is 27.2 Å². The van der Waals surface area contributed by atoms with Crippen LogP contribution in [0.2, 0.25) is 0 Å². The third-order valence-electron chi connectivity index (χ3n) is 3.83. The van der Waals surface area contributed by atoms with Gasteiger partial charge in [0.2, 0.25) is 5.91 Å². The average molecular weight is 340 g/mol. The first-order chi connectivity index (χ1) is 11.3. The van der Waals surface area contributed by atoms with Crippen molar-refractivity contribution in [3.63, 3.8) is 0 Å². The van der Waals surface area contributed by atoms with Gasteiger partial charge in [0.25, 0.3) is 0 Å². The summed E-state index contributed by atoms with van der Waals surface area (Å²) in [5.41, 5.74) is -0.301. The topological polar surface area (TPSA) is 75.4 Å². The fourth-order valence-corrected chi connectivity index (χ4v) is 2.84. The maximum absolute atomic E-state index is 11.6. The molecule has 1 amide bonds. The number of nitrogens with zero attached hydrogens (tertiary/aromatic N) is 2. The van der Waals surface area contributed by atoms with Gasteiger partial charge in [0.1, 0.15) is 24.7 Å². The van der Waals surface area contributed by atoms with Crippen LogP contribution in [0, 0.1) is 0 Å². The van der Waals surface area contributed by atoms with E-state index in [2.05, 4.69) is 4.90 Å². The third kappa shape index (κ3) is 5.59. The highest BCUT2D eigenvalue weighted by atomic mass is 16.6. The van der Waals surface area contributed by atoms with Gasteiger partial charge in [-0.3, -0.25) is 9.69 Å². The zero-order chi connectivity index (χ0) is 17.7. The maximum atomic E-state index is 11.6. The number of ether oxygens (including phenoxy) is 2. The second kappa shape index (κ2) is 8.11. The number of aliphatic hydroxyl groups excluding tert-OH is 1. The van der Waals surface area contributed by atoms with Crippen LogP contribution in [0.15, 0.2) is 16.5 Å². The summed E-state index contributed by atoms with van der Waals surface area (Å²) in [7, 11) is 3.41. The number of carbonyl (C=O) groups is 1. The normalized spacial score (nSPS) is 21.0. The number of furan rings is 1. The first-order valence-electron chi connectivity index (χ1n) is 8.15. The number of hydrogen-bond donors (Lipinski definition) is 1. The number of rotatable bonds is 7. The van der Waals surface area contributed by atoms with E-state index < -0.39 is 0 Å². The van der Waals surface area contributed by atoms with Gasteiger partial charge in [-0.25, -0.2) is 0 Å². The van der Waals surface area contributed by atoms with E-state index in [1.165, 1.54) is 4.90 Å². The molecule has 7 heteroatoms. The quantitative estimate of drug-likeness (QED) is 0.793. The first-order valence-corrected chi connectivity index (χ1v) is 8.15. The Morgan fingerprint density at radius 1 is 1.42 bits per heavy atom. The van der Waals surface area contributed by atoms with Crippen LogP contribution in [-0.4, -0.2) is 72.9 Å². The number of morpholine rings is 1. The summed E-state index contributed by atoms with van der Waals surface area (Å²) in [6.45, 7) is 6.55. The van der Waals surface area contributed by atoms with E-state index in [1.807, 2.05) is 19.9 Å². The second-order valence-electron chi connectivity index (χ2n) is 7.00. The van der Waals surface area contributed by atoms with Crippen LogP contribution in [0.1, 0.15) is 25.4 Å². The molecule has 1 aromatic rings. The molecule has 0 aliphatic carbocycles. The Morgan fingerprint density at radius 2 is 2.12 bits per heavy atom. The SMILES string of the molecule is CN(C)C(=O)COC[C@@H]1CN(Cc2ccc(CO)o2)CC(C)(C)O1. The Hall–Kier alpha value is -1.41. The molecule has 1 aliphatic rings. The van der Waals surface area contributed by atoms with Gasteiger partial charge in [-0.05, 0) is 26.0 Å². The van der Waals surface area contributed by atoms with E-state index in [4.69, 9.17) is 19.0 Å². The van der Waals surface area contributed by atoms with Gasteiger partial charge in [-0.2, -0.15) is 0 Å². The van der Waals surface area contributed by atoms with Gasteiger partial charge >= 0.3 is 0 Å². The lowest BCUT2D eigenvalue weighted by atomic mass is 10.1. The van der Waals surface area contributed by atoms with Crippen molar-refractivity contribution < 1.29 is 23.8 Å². The highest BCUT2D eigenvalue weighted by Gasteiger charge is 2.33. The summed E-state index contributed by atoms with van der Waals surface area (Å²) in [5.74, 6) is 1.33. The minimum absolute atomic E-state index is 0.0608. The van der Waals surface area contributed by atoms with Gasteiger partial charge < -0.3 is 23.9 Å². The van der Waals surface area contributed by atoms with Gasteiger partial charge in [-0.15, -0.1) is 0 Å². The van der Waals surface area contributed by atoms with E-state index >= 15 is 0 Å². The lowest BCUT2D eigenvalue weighted by Gasteiger charge is -2.42. The number of aliphatic hydroxyl groups is 1. The number of hydrogen-bond acceptors (Lipinski definition) is 6. The molecule has 0 bridgehead atoms. The Labute approximate surface area is 143 Å². The summed E-state index contributed by atoms with van der Waals surface area (Å²) < 4.78 is 17.1. The van der Waals surface area contributed by atoms with Gasteiger partial charge in [0.05, 0.1) is 24.9 Å². The Balaban J connectivity index is 1.87. The Bertz CT molecular complexity index is 541. The van der Waals surface area contributed by atoms with Crippen LogP contribution < -0.4 is 0 Å². The standard InChI is InChI=1S/C17H28N2O5/c1-17(2)12-19(7-13-5-6-14(9-20)23-13)8-15(24-17)10-22-11-16(21)18(3)4/h5-6,15,20H,7-12H2,1-4H3/t15-/m0/s1. The zero-order valence-electron chi connectivity index (χ0n) is 14.9. The highest BCUT2D eigenvalue weighted by Crippen LogP contribution is 2.23. The largest absolute Gasteiger partial charge is 0.462 e. The smallest absolute Gasteiger partial charge is 0.248 e. The minimum atomic E-state index is -0.301. The molecule has 1 fully saturated rings. The molecule has 24 heavy (non-hydrogen) atoms. The molecule has 0 spiro atoms. The van der Waals surface area contributed by atoms with Crippen molar-refractivity contribution in [3.8, 4) is 0 Å². The maximum Gasteiger partial charge on any atom is 0.248 e. The van der Waals surface area contributed by atoms with Crippen LogP contribution in [0.3, 0.4) is 0 Å². The van der Waals surface area contributed by atoms with Crippen molar-refractivity contribution in [1.82, 2.24) is 9.80 Å². The van der Waals surface area contributed by atoms with Crippen molar-refractivity contribution >= 4 is 5.91 Å². The molecule has 1 atom stereocenters. The lowest BCUT2D eigenvalue weighted by Crippen LogP contribution is -2.53. The Morgan fingerprint density at radius 3 is 2.75 bits per heavy atom. The summed E-state index contributed by atoms with van der Waals surface area (Å²) in [5, 5.41) is 9.09. The summed E-state index contributed by atoms with van der Waals surface area (Å²) in [4.78, 5) is 15.3.